The summed E-state index contributed by atoms with van der Waals surface area (Å²) in [6, 6.07) is 5.52. The molecule has 5 nitrogen and oxygen atoms in total. The Morgan fingerprint density at radius 1 is 1.22 bits per heavy atom. The summed E-state index contributed by atoms with van der Waals surface area (Å²) >= 11 is 1.50. The van der Waals surface area contributed by atoms with Crippen LogP contribution in [0.5, 0.6) is 11.5 Å². The van der Waals surface area contributed by atoms with Crippen molar-refractivity contribution in [1.82, 2.24) is 0 Å². The second kappa shape index (κ2) is 7.61. The number of aliphatic hydroxyl groups is 2. The third-order valence-corrected chi connectivity index (χ3v) is 5.04. The lowest BCUT2D eigenvalue weighted by Crippen LogP contribution is -3.00. The summed E-state index contributed by atoms with van der Waals surface area (Å²) in [4.78, 5) is 0.925. The van der Waals surface area contributed by atoms with E-state index in [1.807, 2.05) is 35.2 Å². The van der Waals surface area contributed by atoms with Gasteiger partial charge in [0, 0.05) is 6.92 Å². The summed E-state index contributed by atoms with van der Waals surface area (Å²) in [5.41, 5.74) is 3.70. The topological polar surface area (TPSA) is 62.8 Å². The van der Waals surface area contributed by atoms with E-state index in [1.54, 1.807) is 6.92 Å². The Kier molecular flexibility index (Phi) is 6.02. The molecule has 0 saturated carbocycles. The third-order valence-electron chi connectivity index (χ3n) is 3.79. The fraction of sp³-hybridized carbons (Fsp3) is 0.438. The number of aromatic nitrogens is 1. The number of hydrogen-bond donors (Lipinski definition) is 2. The number of fused-ring (bicyclic) bond motifs is 1. The van der Waals surface area contributed by atoms with Gasteiger partial charge in [-0.25, -0.2) is 0 Å². The van der Waals surface area contributed by atoms with Gasteiger partial charge in [-0.2, -0.15) is 4.57 Å². The molecule has 0 bridgehead atoms. The number of aliphatic hydroxyl groups excluding tert-OH is 2. The monoisotopic (exact) mass is 401 g/mol. The van der Waals surface area contributed by atoms with E-state index in [1.165, 1.54) is 11.3 Å². The highest BCUT2D eigenvalue weighted by Crippen LogP contribution is 2.32. The first-order chi connectivity index (χ1) is 10.6. The highest BCUT2D eigenvalue weighted by atomic mass is 79.9. The van der Waals surface area contributed by atoms with E-state index in [9.17, 15) is 10.2 Å². The van der Waals surface area contributed by atoms with Crippen LogP contribution in [0.4, 0.5) is 0 Å². The van der Waals surface area contributed by atoms with Crippen molar-refractivity contribution in [1.29, 1.82) is 0 Å². The Balaban J connectivity index is 0.00000192. The van der Waals surface area contributed by atoms with Crippen molar-refractivity contribution in [3.8, 4) is 11.5 Å². The Morgan fingerprint density at radius 2 is 1.91 bits per heavy atom. The van der Waals surface area contributed by atoms with Crippen LogP contribution in [-0.4, -0.2) is 23.4 Å². The van der Waals surface area contributed by atoms with Gasteiger partial charge in [0.2, 0.25) is 5.51 Å². The summed E-state index contributed by atoms with van der Waals surface area (Å²) in [6.45, 7) is 5.23. The van der Waals surface area contributed by atoms with E-state index < -0.39 is 12.2 Å². The van der Waals surface area contributed by atoms with Crippen molar-refractivity contribution in [2.75, 3.05) is 13.2 Å². The summed E-state index contributed by atoms with van der Waals surface area (Å²) in [5.74, 6) is 1.40. The number of ether oxygens (including phenoxy) is 2. The van der Waals surface area contributed by atoms with Crippen molar-refractivity contribution in [2.24, 2.45) is 0 Å². The van der Waals surface area contributed by atoms with E-state index >= 15 is 0 Å². The lowest BCUT2D eigenvalue weighted by molar-refractivity contribution is -0.706. The molecule has 2 N–H and O–H groups in total. The van der Waals surface area contributed by atoms with Crippen LogP contribution >= 0.6 is 11.3 Å². The van der Waals surface area contributed by atoms with Gasteiger partial charge in [-0.05, 0) is 24.6 Å². The number of rotatable bonds is 4. The average Bonchev–Trinajstić information content (AvgIpc) is 2.88. The van der Waals surface area contributed by atoms with E-state index in [0.717, 1.165) is 21.9 Å². The van der Waals surface area contributed by atoms with Crippen molar-refractivity contribution < 1.29 is 41.2 Å². The Hall–Kier alpha value is -1.15. The number of halogens is 1. The van der Waals surface area contributed by atoms with Gasteiger partial charge < -0.3 is 36.7 Å². The largest absolute Gasteiger partial charge is 1.00 e. The number of nitrogens with zero attached hydrogens (tertiary/aromatic N) is 1. The second-order valence-electron chi connectivity index (χ2n) is 5.42. The van der Waals surface area contributed by atoms with Crippen molar-refractivity contribution >= 4 is 11.3 Å². The highest BCUT2D eigenvalue weighted by molar-refractivity contribution is 7.09. The molecule has 0 amide bonds. The van der Waals surface area contributed by atoms with Gasteiger partial charge in [0.25, 0.3) is 0 Å². The predicted octanol–water partition coefficient (Wildman–Crippen LogP) is -1.09. The lowest BCUT2D eigenvalue weighted by Gasteiger charge is -2.19. The molecule has 0 spiro atoms. The molecule has 23 heavy (non-hydrogen) atoms. The van der Waals surface area contributed by atoms with Crippen LogP contribution in [0, 0.1) is 6.92 Å². The standard InChI is InChI=1S/C16H20NO4S.BrH/c1-10-16(11(2)18)22-9-17(10)8-13(19)12-3-4-14-15(7-12)21-6-5-20-14;/h3-4,7,9,11,13,18-19H,5-6,8H2,1-2H3;1H/q+1;/p-1. The van der Waals surface area contributed by atoms with Crippen molar-refractivity contribution in [3.63, 3.8) is 0 Å². The molecule has 0 aliphatic carbocycles. The molecule has 126 valence electrons. The van der Waals surface area contributed by atoms with Gasteiger partial charge in [-0.1, -0.05) is 17.4 Å². The number of benzene rings is 1. The maximum atomic E-state index is 10.5. The fourth-order valence-corrected chi connectivity index (χ4v) is 3.54. The molecule has 1 aliphatic rings. The average molecular weight is 402 g/mol. The first-order valence-corrected chi connectivity index (χ1v) is 8.17. The molecule has 3 rings (SSSR count). The van der Waals surface area contributed by atoms with Gasteiger partial charge >= 0.3 is 0 Å². The summed E-state index contributed by atoms with van der Waals surface area (Å²) in [5, 5.41) is 20.2. The van der Waals surface area contributed by atoms with Crippen LogP contribution in [0.15, 0.2) is 23.7 Å². The Labute approximate surface area is 149 Å². The Bertz CT molecular complexity index is 674. The molecule has 0 fully saturated rings. The molecule has 2 atom stereocenters. The van der Waals surface area contributed by atoms with Crippen LogP contribution in [0.25, 0.3) is 0 Å². The lowest BCUT2D eigenvalue weighted by atomic mass is 10.1. The molecule has 2 heterocycles. The molecule has 1 aliphatic heterocycles. The Morgan fingerprint density at radius 3 is 2.57 bits per heavy atom. The van der Waals surface area contributed by atoms with E-state index in [-0.39, 0.29) is 17.0 Å². The molecule has 1 aromatic heterocycles. The molecule has 0 saturated heterocycles. The van der Waals surface area contributed by atoms with E-state index in [2.05, 4.69) is 0 Å². The van der Waals surface area contributed by atoms with Crippen LogP contribution in [0.3, 0.4) is 0 Å². The maximum absolute atomic E-state index is 10.5. The van der Waals surface area contributed by atoms with Gasteiger partial charge in [-0.3, -0.25) is 0 Å². The van der Waals surface area contributed by atoms with Crippen molar-refractivity contribution in [3.05, 3.63) is 39.8 Å². The molecular formula is C16H20BrNO4S. The van der Waals surface area contributed by atoms with Crippen LogP contribution in [0.1, 0.15) is 35.3 Å². The third kappa shape index (κ3) is 3.85. The van der Waals surface area contributed by atoms with E-state index in [0.29, 0.717) is 25.5 Å². The fourth-order valence-electron chi connectivity index (χ4n) is 2.57. The number of thiazole rings is 1. The summed E-state index contributed by atoms with van der Waals surface area (Å²) in [7, 11) is 0. The quantitative estimate of drug-likeness (QED) is 0.638. The molecule has 2 unspecified atom stereocenters. The SMILES string of the molecule is Cc1c(C(C)O)sc[n+]1CC(O)c1ccc2c(c1)OCCO2.[Br-]. The minimum absolute atomic E-state index is 0. The van der Waals surface area contributed by atoms with Gasteiger partial charge in [0.05, 0.1) is 6.10 Å². The molecule has 1 aromatic carbocycles. The smallest absolute Gasteiger partial charge is 0.225 e. The first-order valence-electron chi connectivity index (χ1n) is 7.29. The highest BCUT2D eigenvalue weighted by Gasteiger charge is 2.23. The molecule has 0 radical (unpaired) electrons. The van der Waals surface area contributed by atoms with Crippen LogP contribution < -0.4 is 31.0 Å². The minimum Gasteiger partial charge on any atom is -1.00 e. The molecular weight excluding hydrogens is 382 g/mol. The predicted molar refractivity (Wildman–Crippen MR) is 82.3 cm³/mol. The zero-order valence-electron chi connectivity index (χ0n) is 13.0. The maximum Gasteiger partial charge on any atom is 0.225 e. The van der Waals surface area contributed by atoms with Crippen LogP contribution in [-0.2, 0) is 6.54 Å². The molecule has 2 aromatic rings. The second-order valence-corrected chi connectivity index (χ2v) is 6.31. The minimum atomic E-state index is -0.643. The number of hydrogen-bond acceptors (Lipinski definition) is 5. The summed E-state index contributed by atoms with van der Waals surface area (Å²) < 4.78 is 13.0. The normalized spacial score (nSPS) is 15.7. The van der Waals surface area contributed by atoms with Gasteiger partial charge in [0.15, 0.2) is 23.7 Å². The zero-order chi connectivity index (χ0) is 15.7. The van der Waals surface area contributed by atoms with Crippen LogP contribution in [0.2, 0.25) is 0 Å². The van der Waals surface area contributed by atoms with Gasteiger partial charge in [-0.15, -0.1) is 0 Å². The molecule has 7 heteroatoms. The first kappa shape index (κ1) is 18.2. The summed E-state index contributed by atoms with van der Waals surface area (Å²) in [6.07, 6.45) is -1.13. The zero-order valence-corrected chi connectivity index (χ0v) is 15.4. The van der Waals surface area contributed by atoms with E-state index in [4.69, 9.17) is 9.47 Å². The van der Waals surface area contributed by atoms with Gasteiger partial charge in [0.1, 0.15) is 24.2 Å². The van der Waals surface area contributed by atoms with Crippen molar-refractivity contribution in [2.45, 2.75) is 32.6 Å².